The van der Waals surface area contributed by atoms with Gasteiger partial charge in [-0.05, 0) is 67.9 Å². The average molecular weight is 301 g/mol. The van der Waals surface area contributed by atoms with E-state index in [-0.39, 0.29) is 0 Å². The highest BCUT2D eigenvalue weighted by atomic mass is 16.6. The molecule has 21 heavy (non-hydrogen) atoms. The highest BCUT2D eigenvalue weighted by Gasteiger charge is 2.46. The third-order valence-electron chi connectivity index (χ3n) is 2.83. The quantitative estimate of drug-likeness (QED) is 0.463. The van der Waals surface area contributed by atoms with E-state index in [0.29, 0.717) is 19.4 Å². The van der Waals surface area contributed by atoms with Gasteiger partial charge in [0.2, 0.25) is 0 Å². The van der Waals surface area contributed by atoms with Gasteiger partial charge in [-0.3, -0.25) is 9.59 Å². The van der Waals surface area contributed by atoms with Crippen molar-refractivity contribution in [2.45, 2.75) is 78.9 Å². The van der Waals surface area contributed by atoms with Crippen LogP contribution in [0.15, 0.2) is 0 Å². The number of rotatable bonds is 6. The molecular weight excluding hydrogens is 270 g/mol. The molecular formula is C16H31NO4. The lowest BCUT2D eigenvalue weighted by Gasteiger charge is -2.32. The predicted molar refractivity (Wildman–Crippen MR) is 82.7 cm³/mol. The van der Waals surface area contributed by atoms with E-state index in [1.165, 1.54) is 0 Å². The zero-order valence-electron chi connectivity index (χ0n) is 14.5. The average Bonchev–Trinajstić information content (AvgIpc) is 2.24. The van der Waals surface area contributed by atoms with Gasteiger partial charge in [0.25, 0.3) is 0 Å². The monoisotopic (exact) mass is 301 g/mol. The number of ether oxygens (including phenoxy) is 2. The van der Waals surface area contributed by atoms with E-state index in [1.54, 1.807) is 48.5 Å². The summed E-state index contributed by atoms with van der Waals surface area (Å²) < 4.78 is 10.8. The molecule has 0 aliphatic carbocycles. The van der Waals surface area contributed by atoms with Crippen LogP contribution in [-0.4, -0.2) is 29.7 Å². The molecule has 0 heterocycles. The first-order valence-electron chi connectivity index (χ1n) is 7.49. The van der Waals surface area contributed by atoms with Crippen molar-refractivity contribution in [3.8, 4) is 0 Å². The maximum Gasteiger partial charge on any atom is 0.323 e. The molecule has 5 nitrogen and oxygen atoms in total. The van der Waals surface area contributed by atoms with Gasteiger partial charge in [0.1, 0.15) is 11.2 Å². The van der Waals surface area contributed by atoms with Crippen LogP contribution < -0.4 is 5.73 Å². The van der Waals surface area contributed by atoms with E-state index < -0.39 is 28.6 Å². The Morgan fingerprint density at radius 1 is 0.810 bits per heavy atom. The minimum Gasteiger partial charge on any atom is -0.459 e. The lowest BCUT2D eigenvalue weighted by molar-refractivity contribution is -0.184. The fraction of sp³-hybridized carbons (Fsp3) is 0.875. The van der Waals surface area contributed by atoms with Crippen LogP contribution in [0.25, 0.3) is 0 Å². The van der Waals surface area contributed by atoms with Crippen molar-refractivity contribution in [3.63, 3.8) is 0 Å². The second-order valence-corrected chi connectivity index (χ2v) is 7.58. The van der Waals surface area contributed by atoms with E-state index in [2.05, 4.69) is 0 Å². The topological polar surface area (TPSA) is 78.6 Å². The molecule has 0 aromatic carbocycles. The minimum atomic E-state index is -1.30. The van der Waals surface area contributed by atoms with Gasteiger partial charge < -0.3 is 15.2 Å². The third-order valence-corrected chi connectivity index (χ3v) is 2.83. The SMILES string of the molecule is CC(C)(C)OC(=O)C(C)(CCCCN)C(=O)OC(C)(C)C. The molecule has 0 saturated carbocycles. The van der Waals surface area contributed by atoms with Crippen LogP contribution in [0, 0.1) is 5.41 Å². The van der Waals surface area contributed by atoms with Crippen molar-refractivity contribution in [2.24, 2.45) is 11.1 Å². The molecule has 2 N–H and O–H groups in total. The molecule has 0 unspecified atom stereocenters. The van der Waals surface area contributed by atoms with E-state index in [9.17, 15) is 9.59 Å². The largest absolute Gasteiger partial charge is 0.459 e. The zero-order valence-corrected chi connectivity index (χ0v) is 14.5. The van der Waals surface area contributed by atoms with Crippen molar-refractivity contribution in [2.75, 3.05) is 6.54 Å². The van der Waals surface area contributed by atoms with Crippen LogP contribution in [0.5, 0.6) is 0 Å². The summed E-state index contributed by atoms with van der Waals surface area (Å²) in [6.45, 7) is 12.8. The summed E-state index contributed by atoms with van der Waals surface area (Å²) in [4.78, 5) is 24.9. The minimum absolute atomic E-state index is 0.369. The summed E-state index contributed by atoms with van der Waals surface area (Å²) in [7, 11) is 0. The summed E-state index contributed by atoms with van der Waals surface area (Å²) in [6, 6.07) is 0. The summed E-state index contributed by atoms with van der Waals surface area (Å²) >= 11 is 0. The lowest BCUT2D eigenvalue weighted by Crippen LogP contribution is -2.44. The van der Waals surface area contributed by atoms with Gasteiger partial charge in [-0.15, -0.1) is 0 Å². The maximum atomic E-state index is 12.4. The smallest absolute Gasteiger partial charge is 0.323 e. The van der Waals surface area contributed by atoms with Gasteiger partial charge >= 0.3 is 11.9 Å². The van der Waals surface area contributed by atoms with Crippen molar-refractivity contribution >= 4 is 11.9 Å². The lowest BCUT2D eigenvalue weighted by atomic mass is 9.84. The highest BCUT2D eigenvalue weighted by Crippen LogP contribution is 2.31. The molecule has 0 atom stereocenters. The second-order valence-electron chi connectivity index (χ2n) is 7.58. The fourth-order valence-corrected chi connectivity index (χ4v) is 1.69. The molecule has 0 aromatic heterocycles. The summed E-state index contributed by atoms with van der Waals surface area (Å²) in [5.41, 5.74) is 2.90. The molecule has 0 radical (unpaired) electrons. The Kier molecular flexibility index (Phi) is 6.87. The Morgan fingerprint density at radius 3 is 1.48 bits per heavy atom. The molecule has 0 bridgehead atoms. The van der Waals surface area contributed by atoms with E-state index in [0.717, 1.165) is 6.42 Å². The highest BCUT2D eigenvalue weighted by molar-refractivity contribution is 5.99. The number of carbonyl (C=O) groups excluding carboxylic acids is 2. The van der Waals surface area contributed by atoms with Gasteiger partial charge in [-0.1, -0.05) is 6.42 Å². The normalized spacial score (nSPS) is 13.0. The Labute approximate surface area is 128 Å². The fourth-order valence-electron chi connectivity index (χ4n) is 1.69. The first-order valence-corrected chi connectivity index (χ1v) is 7.49. The van der Waals surface area contributed by atoms with E-state index in [1.807, 2.05) is 0 Å². The summed E-state index contributed by atoms with van der Waals surface area (Å²) in [6.07, 6.45) is 1.79. The van der Waals surface area contributed by atoms with Crippen LogP contribution in [0.2, 0.25) is 0 Å². The van der Waals surface area contributed by atoms with Crippen molar-refractivity contribution < 1.29 is 19.1 Å². The molecule has 5 heteroatoms. The molecule has 0 spiro atoms. The van der Waals surface area contributed by atoms with Crippen LogP contribution in [0.3, 0.4) is 0 Å². The molecule has 0 fully saturated rings. The molecule has 0 aliphatic rings. The standard InChI is InChI=1S/C16H31NO4/c1-14(2,3)20-12(18)16(7,10-8-9-11-17)13(19)21-15(4,5)6/h8-11,17H2,1-7H3. The number of unbranched alkanes of at least 4 members (excludes halogenated alkanes) is 1. The number of nitrogens with two attached hydrogens (primary N) is 1. The molecule has 0 rings (SSSR count). The molecule has 0 aromatic rings. The van der Waals surface area contributed by atoms with Crippen LogP contribution in [0.1, 0.15) is 67.7 Å². The maximum absolute atomic E-state index is 12.4. The van der Waals surface area contributed by atoms with Gasteiger partial charge in [-0.25, -0.2) is 0 Å². The Balaban J connectivity index is 5.16. The van der Waals surface area contributed by atoms with Gasteiger partial charge in [0, 0.05) is 0 Å². The molecule has 0 aliphatic heterocycles. The predicted octanol–water partition coefficient (Wildman–Crippen LogP) is 2.81. The number of esters is 2. The Bertz CT molecular complexity index is 335. The Hall–Kier alpha value is -1.10. The van der Waals surface area contributed by atoms with Gasteiger partial charge in [0.15, 0.2) is 5.41 Å². The third kappa shape index (κ3) is 7.46. The second kappa shape index (κ2) is 7.25. The van der Waals surface area contributed by atoms with Crippen molar-refractivity contribution in [1.82, 2.24) is 0 Å². The van der Waals surface area contributed by atoms with Gasteiger partial charge in [-0.2, -0.15) is 0 Å². The summed E-state index contributed by atoms with van der Waals surface area (Å²) in [5.74, 6) is -1.08. The Morgan fingerprint density at radius 2 is 1.19 bits per heavy atom. The van der Waals surface area contributed by atoms with Crippen LogP contribution in [0.4, 0.5) is 0 Å². The number of hydrogen-bond donors (Lipinski definition) is 1. The van der Waals surface area contributed by atoms with Crippen LogP contribution >= 0.6 is 0 Å². The molecule has 0 amide bonds. The van der Waals surface area contributed by atoms with Gasteiger partial charge in [0.05, 0.1) is 0 Å². The summed E-state index contributed by atoms with van der Waals surface area (Å²) in [5, 5.41) is 0. The van der Waals surface area contributed by atoms with Crippen LogP contribution in [-0.2, 0) is 19.1 Å². The van der Waals surface area contributed by atoms with Crippen molar-refractivity contribution in [1.29, 1.82) is 0 Å². The first kappa shape index (κ1) is 19.9. The zero-order chi connectivity index (χ0) is 16.9. The molecule has 0 saturated heterocycles. The first-order chi connectivity index (χ1) is 9.32. The number of hydrogen-bond acceptors (Lipinski definition) is 5. The van der Waals surface area contributed by atoms with E-state index >= 15 is 0 Å². The number of carbonyl (C=O) groups is 2. The van der Waals surface area contributed by atoms with Crippen molar-refractivity contribution in [3.05, 3.63) is 0 Å². The van der Waals surface area contributed by atoms with E-state index in [4.69, 9.17) is 15.2 Å². The molecule has 124 valence electrons.